The van der Waals surface area contributed by atoms with Gasteiger partial charge in [-0.25, -0.2) is 8.78 Å². The number of aliphatic hydroxyl groups is 4. The van der Waals surface area contributed by atoms with Crippen molar-refractivity contribution >= 4 is 23.9 Å². The quantitative estimate of drug-likeness (QED) is 0.187. The highest BCUT2D eigenvalue weighted by atomic mass is 19.1. The van der Waals surface area contributed by atoms with Gasteiger partial charge in [0.2, 0.25) is 18.9 Å². The summed E-state index contributed by atoms with van der Waals surface area (Å²) in [6.07, 6.45) is -10.0. The Morgan fingerprint density at radius 2 is 0.968 bits per heavy atom. The van der Waals surface area contributed by atoms with Crippen LogP contribution < -0.4 is 9.47 Å². The SMILES string of the molecule is CC(=O)OCC1OC(OC(C)=O)C(C)[C@@H](C)[C@@H]1C.CC(=O)OCC1O[C@@H](Oc2ccccc2F)C(OC(C)=O)[C@@H](C)[C@@H]1C.OCC1O[C@@H](Oc2ccccc2F)C(O)[C@@H](O)[C@@H]1O. The summed E-state index contributed by atoms with van der Waals surface area (Å²) in [5.41, 5.74) is 0. The molecule has 4 N–H and O–H groups in total. The average Bonchev–Trinajstić information content (AvgIpc) is 3.21. The van der Waals surface area contributed by atoms with Crippen LogP contribution in [0.25, 0.3) is 0 Å². The fourth-order valence-electron chi connectivity index (χ4n) is 6.77. The molecule has 3 aliphatic heterocycles. The molecule has 0 aliphatic carbocycles. The fraction of sp³-hybridized carbons (Fsp3) is 0.628. The van der Waals surface area contributed by atoms with E-state index < -0.39 is 85.7 Å². The van der Waals surface area contributed by atoms with Crippen LogP contribution in [0.2, 0.25) is 0 Å². The van der Waals surface area contributed by atoms with Gasteiger partial charge in [-0.15, -0.1) is 0 Å². The van der Waals surface area contributed by atoms with Gasteiger partial charge in [-0.3, -0.25) is 19.2 Å². The predicted molar refractivity (Wildman–Crippen MR) is 212 cm³/mol. The van der Waals surface area contributed by atoms with Crippen LogP contribution in [0.5, 0.6) is 11.5 Å². The summed E-state index contributed by atoms with van der Waals surface area (Å²) in [7, 11) is 0. The van der Waals surface area contributed by atoms with Crippen molar-refractivity contribution in [1.29, 1.82) is 0 Å². The Balaban J connectivity index is 0.000000252. The fourth-order valence-corrected chi connectivity index (χ4v) is 6.77. The molecule has 19 heteroatoms. The predicted octanol–water partition coefficient (Wildman–Crippen LogP) is 3.45. The second-order valence-electron chi connectivity index (χ2n) is 15.5. The first-order valence-corrected chi connectivity index (χ1v) is 20.2. The lowest BCUT2D eigenvalue weighted by Crippen LogP contribution is -2.60. The molecule has 0 aromatic heterocycles. The van der Waals surface area contributed by atoms with E-state index in [-0.39, 0.29) is 66.4 Å². The molecule has 2 aromatic rings. The number of carbonyl (C=O) groups is 4. The second-order valence-corrected chi connectivity index (χ2v) is 15.5. The van der Waals surface area contributed by atoms with Crippen molar-refractivity contribution in [2.75, 3.05) is 19.8 Å². The van der Waals surface area contributed by atoms with E-state index in [2.05, 4.69) is 13.8 Å². The first kappa shape index (κ1) is 51.8. The molecule has 5 rings (SSSR count). The first-order valence-electron chi connectivity index (χ1n) is 20.2. The van der Waals surface area contributed by atoms with Crippen LogP contribution in [0, 0.1) is 41.2 Å². The monoisotopic (exact) mass is 886 g/mol. The van der Waals surface area contributed by atoms with Gasteiger partial charge >= 0.3 is 23.9 Å². The topological polar surface area (TPSA) is 232 Å². The minimum absolute atomic E-state index is 0.00218. The Bertz CT molecular complexity index is 1740. The summed E-state index contributed by atoms with van der Waals surface area (Å²) >= 11 is 0. The van der Waals surface area contributed by atoms with E-state index in [1.54, 1.807) is 12.1 Å². The molecule has 3 saturated heterocycles. The van der Waals surface area contributed by atoms with E-state index in [4.69, 9.17) is 47.7 Å². The molecule has 0 radical (unpaired) electrons. The molecule has 3 fully saturated rings. The summed E-state index contributed by atoms with van der Waals surface area (Å²) in [4.78, 5) is 44.4. The minimum atomic E-state index is -1.56. The molecule has 3 aliphatic rings. The normalized spacial score (nSPS) is 32.9. The van der Waals surface area contributed by atoms with Crippen LogP contribution >= 0.6 is 0 Å². The molecule has 0 saturated carbocycles. The Morgan fingerprint density at radius 1 is 0.532 bits per heavy atom. The lowest BCUT2D eigenvalue weighted by atomic mass is 9.79. The Morgan fingerprint density at radius 3 is 1.42 bits per heavy atom. The molecule has 17 nitrogen and oxygen atoms in total. The van der Waals surface area contributed by atoms with Crippen LogP contribution in [0.4, 0.5) is 8.78 Å². The van der Waals surface area contributed by atoms with Crippen LogP contribution in [0.3, 0.4) is 0 Å². The number of benzene rings is 2. The Labute approximate surface area is 359 Å². The zero-order chi connectivity index (χ0) is 46.4. The summed E-state index contributed by atoms with van der Waals surface area (Å²) in [5, 5.41) is 37.8. The number of esters is 4. The molecule has 15 atom stereocenters. The smallest absolute Gasteiger partial charge is 0.304 e. The number of halogens is 2. The maximum atomic E-state index is 13.9. The summed E-state index contributed by atoms with van der Waals surface area (Å²) in [6, 6.07) is 11.4. The van der Waals surface area contributed by atoms with Gasteiger partial charge in [-0.1, -0.05) is 58.9 Å². The standard InChI is InChI=1S/C18H23FO6.C13H22O5.C12H15FO6/c1-10-11(2)17(23-13(4)21)18(25-16(10)9-22-12(3)20)24-15-8-6-5-7-14(15)19;1-7-8(2)12(6-16-10(4)14)18-13(9(7)3)17-11(5)15;13-6-3-1-2-4-7(6)18-12-11(17)10(16)9(15)8(5-14)19-12/h5-8,10-11,16-18H,9H2,1-4H3;7-9,12-13H,6H2,1-5H3;1-4,8-12,14-17H,5H2/t10-,11-,16?,17?,18+;7-,8-,9?,12?,13?;8?,9-,10+,11?,12-/m001/s1. The third-order valence-electron chi connectivity index (χ3n) is 11.0. The molecule has 3 heterocycles. The van der Waals surface area contributed by atoms with Gasteiger partial charge in [0.05, 0.1) is 18.8 Å². The van der Waals surface area contributed by atoms with Gasteiger partial charge in [0, 0.05) is 39.5 Å². The molecule has 348 valence electrons. The third-order valence-corrected chi connectivity index (χ3v) is 11.0. The first-order chi connectivity index (χ1) is 29.2. The van der Waals surface area contributed by atoms with Crippen molar-refractivity contribution in [3.8, 4) is 11.5 Å². The number of para-hydroxylation sites is 2. The van der Waals surface area contributed by atoms with Crippen molar-refractivity contribution in [1.82, 2.24) is 0 Å². The van der Waals surface area contributed by atoms with E-state index in [1.165, 1.54) is 64.1 Å². The van der Waals surface area contributed by atoms with E-state index in [9.17, 15) is 43.3 Å². The average molecular weight is 887 g/mol. The van der Waals surface area contributed by atoms with Crippen molar-refractivity contribution in [3.05, 3.63) is 60.2 Å². The van der Waals surface area contributed by atoms with Gasteiger partial charge in [-0.2, -0.15) is 0 Å². The zero-order valence-electron chi connectivity index (χ0n) is 36.3. The molecular weight excluding hydrogens is 826 g/mol. The summed E-state index contributed by atoms with van der Waals surface area (Å²) < 4.78 is 75.3. The Hall–Kier alpha value is -4.50. The lowest BCUT2D eigenvalue weighted by molar-refractivity contribution is -0.277. The molecule has 0 bridgehead atoms. The number of ether oxygens (including phenoxy) is 9. The zero-order valence-corrected chi connectivity index (χ0v) is 36.3. The van der Waals surface area contributed by atoms with E-state index in [0.717, 1.165) is 0 Å². The number of aliphatic hydroxyl groups excluding tert-OH is 4. The van der Waals surface area contributed by atoms with Crippen LogP contribution in [-0.4, -0.2) is 126 Å². The van der Waals surface area contributed by atoms with Crippen molar-refractivity contribution < 1.29 is 91.0 Å². The molecule has 62 heavy (non-hydrogen) atoms. The summed E-state index contributed by atoms with van der Waals surface area (Å²) in [6.45, 7) is 15.0. The lowest BCUT2D eigenvalue weighted by Gasteiger charge is -2.43. The molecular formula is C43H60F2O17. The third kappa shape index (κ3) is 14.8. The van der Waals surface area contributed by atoms with Gasteiger partial charge < -0.3 is 63.1 Å². The number of hydrogen-bond acceptors (Lipinski definition) is 17. The van der Waals surface area contributed by atoms with Crippen molar-refractivity contribution in [3.63, 3.8) is 0 Å². The van der Waals surface area contributed by atoms with Gasteiger partial charge in [0.1, 0.15) is 37.6 Å². The largest absolute Gasteiger partial charge is 0.463 e. The summed E-state index contributed by atoms with van der Waals surface area (Å²) in [5.74, 6) is -2.47. The maximum Gasteiger partial charge on any atom is 0.304 e. The number of hydrogen-bond donors (Lipinski definition) is 4. The highest BCUT2D eigenvalue weighted by Gasteiger charge is 2.47. The second kappa shape index (κ2) is 24.4. The highest BCUT2D eigenvalue weighted by Crippen LogP contribution is 2.37. The van der Waals surface area contributed by atoms with Crippen LogP contribution in [0.15, 0.2) is 48.5 Å². The van der Waals surface area contributed by atoms with Crippen molar-refractivity contribution in [2.45, 2.75) is 124 Å². The number of carbonyl (C=O) groups excluding carboxylic acids is 4. The van der Waals surface area contributed by atoms with Crippen molar-refractivity contribution in [2.24, 2.45) is 29.6 Å². The van der Waals surface area contributed by atoms with E-state index in [0.29, 0.717) is 5.92 Å². The van der Waals surface area contributed by atoms with Crippen LogP contribution in [-0.2, 0) is 52.3 Å². The molecule has 2 aromatic carbocycles. The molecule has 7 unspecified atom stereocenters. The highest BCUT2D eigenvalue weighted by molar-refractivity contribution is 5.67. The minimum Gasteiger partial charge on any atom is -0.463 e. The van der Waals surface area contributed by atoms with Gasteiger partial charge in [0.25, 0.3) is 0 Å². The van der Waals surface area contributed by atoms with Gasteiger partial charge in [0.15, 0.2) is 29.2 Å². The van der Waals surface area contributed by atoms with Gasteiger partial charge in [-0.05, 0) is 42.0 Å². The molecule has 0 spiro atoms. The molecule has 0 amide bonds. The van der Waals surface area contributed by atoms with E-state index in [1.807, 2.05) is 20.8 Å². The number of rotatable bonds is 11. The maximum absolute atomic E-state index is 13.9. The van der Waals surface area contributed by atoms with Crippen LogP contribution in [0.1, 0.15) is 62.3 Å². The Kier molecular flexibility index (Phi) is 20.4. The van der Waals surface area contributed by atoms with E-state index >= 15 is 0 Å².